The summed E-state index contributed by atoms with van der Waals surface area (Å²) in [5.41, 5.74) is 2.56. The van der Waals surface area contributed by atoms with Crippen LogP contribution >= 0.6 is 0 Å². The fraction of sp³-hybridized carbons (Fsp3) is 0.367. The Hall–Kier alpha value is -3.56. The summed E-state index contributed by atoms with van der Waals surface area (Å²) in [6, 6.07) is 20.5. The molecule has 3 aromatic rings. The largest absolute Gasteiger partial charge is 0.493 e. The van der Waals surface area contributed by atoms with E-state index in [4.69, 9.17) is 14.2 Å². The number of piperidine rings is 1. The molecule has 0 saturated carbocycles. The molecule has 1 aliphatic rings. The molecule has 0 atom stereocenters. The molecule has 4 rings (SSSR count). The summed E-state index contributed by atoms with van der Waals surface area (Å²) in [6.45, 7) is 2.96. The number of hydrogen-bond acceptors (Lipinski definition) is 7. The molecule has 208 valence electrons. The van der Waals surface area contributed by atoms with Crippen molar-refractivity contribution in [3.63, 3.8) is 0 Å². The van der Waals surface area contributed by atoms with Crippen molar-refractivity contribution in [2.24, 2.45) is 0 Å². The maximum Gasteiger partial charge on any atom is 0.254 e. The van der Waals surface area contributed by atoms with E-state index >= 15 is 0 Å². The van der Waals surface area contributed by atoms with Crippen molar-refractivity contribution in [2.75, 3.05) is 40.7 Å². The van der Waals surface area contributed by atoms with Crippen LogP contribution in [0.3, 0.4) is 0 Å². The third-order valence-corrected chi connectivity index (χ3v) is 8.25. The molecule has 0 spiro atoms. The average molecular weight is 553 g/mol. The van der Waals surface area contributed by atoms with Crippen molar-refractivity contribution in [3.05, 3.63) is 83.4 Å². The first-order valence-electron chi connectivity index (χ1n) is 12.9. The van der Waals surface area contributed by atoms with E-state index < -0.39 is 9.84 Å². The molecule has 1 heterocycles. The number of amides is 1. The van der Waals surface area contributed by atoms with E-state index in [1.807, 2.05) is 11.0 Å². The number of carbonyl (C=O) groups is 1. The van der Waals surface area contributed by atoms with Gasteiger partial charge in [0.25, 0.3) is 5.91 Å². The van der Waals surface area contributed by atoms with Crippen molar-refractivity contribution >= 4 is 15.7 Å². The highest BCUT2D eigenvalue weighted by Gasteiger charge is 2.30. The Balaban J connectivity index is 1.60. The maximum atomic E-state index is 14.0. The minimum absolute atomic E-state index is 0.0122. The second kappa shape index (κ2) is 12.5. The molecule has 1 amide bonds. The number of likely N-dealkylation sites (tertiary alicyclic amines) is 1. The van der Waals surface area contributed by atoms with Crippen LogP contribution in [-0.2, 0) is 22.9 Å². The van der Waals surface area contributed by atoms with Gasteiger partial charge >= 0.3 is 0 Å². The Morgan fingerprint density at radius 2 is 1.46 bits per heavy atom. The number of rotatable bonds is 10. The summed E-state index contributed by atoms with van der Waals surface area (Å²) >= 11 is 0. The van der Waals surface area contributed by atoms with Crippen molar-refractivity contribution in [3.8, 4) is 17.2 Å². The van der Waals surface area contributed by atoms with Crippen LogP contribution in [0.4, 0.5) is 0 Å². The number of methoxy groups -OCH3 is 3. The van der Waals surface area contributed by atoms with Gasteiger partial charge in [0.05, 0.1) is 26.2 Å². The summed E-state index contributed by atoms with van der Waals surface area (Å²) in [7, 11) is 1.26. The molecule has 8 nitrogen and oxygen atoms in total. The lowest BCUT2D eigenvalue weighted by atomic mass is 10.00. The minimum Gasteiger partial charge on any atom is -0.493 e. The van der Waals surface area contributed by atoms with Crippen LogP contribution in [-0.4, -0.2) is 70.8 Å². The molecule has 9 heteroatoms. The molecule has 1 saturated heterocycles. The van der Waals surface area contributed by atoms with Gasteiger partial charge < -0.3 is 19.1 Å². The molecular formula is C30H36N2O6S. The third-order valence-electron chi connectivity index (χ3n) is 7.12. The Morgan fingerprint density at radius 3 is 1.97 bits per heavy atom. The zero-order valence-corrected chi connectivity index (χ0v) is 23.7. The SMILES string of the molecule is COc1cc(C(=O)N(Cc2ccc(S(C)(=O)=O)cc2)C2CCN(Cc3ccccc3)CC2)cc(OC)c1OC. The topological polar surface area (TPSA) is 85.4 Å². The molecule has 39 heavy (non-hydrogen) atoms. The molecule has 0 unspecified atom stereocenters. The summed E-state index contributed by atoms with van der Waals surface area (Å²) in [4.78, 5) is 18.6. The first-order chi connectivity index (χ1) is 18.7. The minimum atomic E-state index is -3.31. The fourth-order valence-electron chi connectivity index (χ4n) is 5.01. The maximum absolute atomic E-state index is 14.0. The van der Waals surface area contributed by atoms with Gasteiger partial charge in [-0.15, -0.1) is 0 Å². The van der Waals surface area contributed by atoms with Gasteiger partial charge in [0.2, 0.25) is 5.75 Å². The summed E-state index contributed by atoms with van der Waals surface area (Å²) < 4.78 is 40.3. The number of sulfone groups is 1. The van der Waals surface area contributed by atoms with Crippen molar-refractivity contribution in [2.45, 2.75) is 36.9 Å². The molecule has 0 bridgehead atoms. The van der Waals surface area contributed by atoms with Crippen LogP contribution in [0.25, 0.3) is 0 Å². The standard InChI is InChI=1S/C30H36N2O6S/c1-36-27-18-24(19-28(37-2)29(27)38-3)30(33)32(21-23-10-12-26(13-11-23)39(4,34)35)25-14-16-31(17-15-25)20-22-8-6-5-7-9-22/h5-13,18-19,25H,14-17,20-21H2,1-4H3. The molecular weight excluding hydrogens is 516 g/mol. The van der Waals surface area contributed by atoms with Crippen LogP contribution in [0, 0.1) is 0 Å². The second-order valence-corrected chi connectivity index (χ2v) is 11.8. The van der Waals surface area contributed by atoms with Gasteiger partial charge in [-0.2, -0.15) is 0 Å². The quantitative estimate of drug-likeness (QED) is 0.368. The molecule has 3 aromatic carbocycles. The third kappa shape index (κ3) is 6.91. The van der Waals surface area contributed by atoms with Gasteiger partial charge in [-0.1, -0.05) is 42.5 Å². The van der Waals surface area contributed by atoms with Crippen LogP contribution in [0.15, 0.2) is 71.6 Å². The van der Waals surface area contributed by atoms with Crippen molar-refractivity contribution < 1.29 is 27.4 Å². The van der Waals surface area contributed by atoms with Gasteiger partial charge in [0.15, 0.2) is 21.3 Å². The summed E-state index contributed by atoms with van der Waals surface area (Å²) in [5, 5.41) is 0. The van der Waals surface area contributed by atoms with E-state index in [-0.39, 0.29) is 16.8 Å². The summed E-state index contributed by atoms with van der Waals surface area (Å²) in [5.74, 6) is 1.10. The van der Waals surface area contributed by atoms with E-state index in [2.05, 4.69) is 29.2 Å². The van der Waals surface area contributed by atoms with Crippen LogP contribution in [0.5, 0.6) is 17.2 Å². The molecule has 0 aliphatic carbocycles. The molecule has 0 N–H and O–H groups in total. The average Bonchev–Trinajstić information content (AvgIpc) is 2.95. The Labute approximate surface area is 231 Å². The van der Waals surface area contributed by atoms with Crippen molar-refractivity contribution in [1.82, 2.24) is 9.80 Å². The van der Waals surface area contributed by atoms with Gasteiger partial charge in [-0.05, 0) is 48.2 Å². The van der Waals surface area contributed by atoms with Crippen molar-refractivity contribution in [1.29, 1.82) is 0 Å². The first kappa shape index (κ1) is 28.4. The fourth-order valence-corrected chi connectivity index (χ4v) is 5.64. The Kier molecular flexibility index (Phi) is 9.14. The van der Waals surface area contributed by atoms with E-state index in [0.717, 1.165) is 38.0 Å². The Bertz CT molecular complexity index is 1340. The van der Waals surface area contributed by atoms with E-state index in [1.165, 1.54) is 33.1 Å². The van der Waals surface area contributed by atoms with Gasteiger partial charge in [0.1, 0.15) is 0 Å². The lowest BCUT2D eigenvalue weighted by Crippen LogP contribution is -2.46. The Morgan fingerprint density at radius 1 is 0.872 bits per heavy atom. The number of hydrogen-bond donors (Lipinski definition) is 0. The molecule has 1 aliphatic heterocycles. The zero-order valence-electron chi connectivity index (χ0n) is 22.9. The highest BCUT2D eigenvalue weighted by Crippen LogP contribution is 2.39. The molecule has 1 fully saturated rings. The number of benzene rings is 3. The highest BCUT2D eigenvalue weighted by molar-refractivity contribution is 7.90. The summed E-state index contributed by atoms with van der Waals surface area (Å²) in [6.07, 6.45) is 2.83. The number of nitrogens with zero attached hydrogens (tertiary/aromatic N) is 2. The van der Waals surface area contributed by atoms with Crippen LogP contribution in [0.1, 0.15) is 34.3 Å². The lowest BCUT2D eigenvalue weighted by Gasteiger charge is -2.39. The van der Waals surface area contributed by atoms with Crippen LogP contribution < -0.4 is 14.2 Å². The van der Waals surface area contributed by atoms with Gasteiger partial charge in [0, 0.05) is 44.0 Å². The van der Waals surface area contributed by atoms with Gasteiger partial charge in [-0.25, -0.2) is 8.42 Å². The molecule has 0 aromatic heterocycles. The smallest absolute Gasteiger partial charge is 0.254 e. The van der Waals surface area contributed by atoms with E-state index in [0.29, 0.717) is 29.4 Å². The highest BCUT2D eigenvalue weighted by atomic mass is 32.2. The normalized spacial score (nSPS) is 14.6. The predicted molar refractivity (Wildman–Crippen MR) is 150 cm³/mol. The second-order valence-electron chi connectivity index (χ2n) is 9.76. The predicted octanol–water partition coefficient (Wildman–Crippen LogP) is 4.42. The molecule has 0 radical (unpaired) electrons. The lowest BCUT2D eigenvalue weighted by molar-refractivity contribution is 0.0542. The number of ether oxygens (including phenoxy) is 3. The zero-order chi connectivity index (χ0) is 28.0. The first-order valence-corrected chi connectivity index (χ1v) is 14.8. The number of carbonyl (C=O) groups excluding carboxylic acids is 1. The van der Waals surface area contributed by atoms with Crippen LogP contribution in [0.2, 0.25) is 0 Å². The monoisotopic (exact) mass is 552 g/mol. The van der Waals surface area contributed by atoms with Gasteiger partial charge in [-0.3, -0.25) is 9.69 Å². The van der Waals surface area contributed by atoms with E-state index in [1.54, 1.807) is 36.4 Å². The van der Waals surface area contributed by atoms with E-state index in [9.17, 15) is 13.2 Å².